The number of anilines is 3. The van der Waals surface area contributed by atoms with Gasteiger partial charge < -0.3 is 75.0 Å². The van der Waals surface area contributed by atoms with Crippen molar-refractivity contribution in [1.82, 2.24) is 53.6 Å². The van der Waals surface area contributed by atoms with Gasteiger partial charge in [0, 0.05) is 21.3 Å². The van der Waals surface area contributed by atoms with E-state index in [1.165, 1.54) is 39.8 Å². The average molecular weight is 1190 g/mol. The van der Waals surface area contributed by atoms with Crippen LogP contribution in [0.3, 0.4) is 0 Å². The highest BCUT2D eigenvalue weighted by atomic mass is 31.3. The highest BCUT2D eigenvalue weighted by Crippen LogP contribution is 2.68. The number of aromatic nitrogens is 12. The maximum absolute atomic E-state index is 13.8. The van der Waals surface area contributed by atoms with Crippen LogP contribution in [-0.4, -0.2) is 185 Å². The molecule has 10 rings (SSSR count). The first-order valence-electron chi connectivity index (χ1n) is 22.5. The lowest BCUT2D eigenvalue weighted by Crippen LogP contribution is -2.50. The Labute approximate surface area is 433 Å². The monoisotopic (exact) mass is 1190 g/mol. The Kier molecular flexibility index (Phi) is 14.9. The van der Waals surface area contributed by atoms with Crippen LogP contribution in [0.5, 0.6) is 0 Å². The Morgan fingerprint density at radius 1 is 0.795 bits per heavy atom. The van der Waals surface area contributed by atoms with Crippen molar-refractivity contribution < 1.29 is 108 Å². The van der Waals surface area contributed by atoms with Crippen LogP contribution in [0.1, 0.15) is 18.7 Å². The number of imidazole rings is 3. The lowest BCUT2D eigenvalue weighted by molar-refractivity contribution is -0.752. The van der Waals surface area contributed by atoms with Crippen molar-refractivity contribution in [1.29, 1.82) is 0 Å². The van der Waals surface area contributed by atoms with Crippen LogP contribution < -0.4 is 32.5 Å². The predicted molar refractivity (Wildman–Crippen MR) is 252 cm³/mol. The number of hydrogen-bond donors (Lipinski definition) is 11. The van der Waals surface area contributed by atoms with Crippen molar-refractivity contribution in [2.45, 2.75) is 73.1 Å². The Bertz CT molecular complexity index is 3600. The molecule has 13 N–H and O–H groups in total. The largest absolute Gasteiger partial charge is 0.490 e. The standard InChI is InChI=1S/C35H47N15O24P4/c1-38-24-15-25(40-9-39-24)48(10-41-15)31-21(63-3)20(72-75(55,56)66-5-13-18(51)19(52)30(69-13)49-11-42-16-26(49)43-33(36)45-28(16)53)14(70-31)6-67-76(57,58)73-78(61,62)74-77(59,60)68-8-35-7-65-22(23(35)64-4)32(71-35)50-12-47(2)17-27(50)44-34(37)46-29(17)54/h9-14,18-23,30-32,51-52H,5-8H2,1-4H3,(H10-,36,37,38,39,40,43,44,45,46,53,54,55,56,57,58,59,60,61,62)/p+1/t13-,14-,18?,19+,20?,21+,22?,23-,30-,31-,32-,35-/m1/s1. The molecular formula is C35H48N15O24P4+. The first-order chi connectivity index (χ1) is 36.8. The molecule has 4 aliphatic rings. The average Bonchev–Trinajstić information content (AvgIpc) is 4.35. The summed E-state index contributed by atoms with van der Waals surface area (Å²) in [6, 6.07) is 0. The fourth-order valence-electron chi connectivity index (χ4n) is 9.45. The molecule has 43 heteroatoms. The second kappa shape index (κ2) is 20.7. The molecule has 78 heavy (non-hydrogen) atoms. The number of methoxy groups -OCH3 is 2. The normalized spacial score (nSPS) is 31.2. The van der Waals surface area contributed by atoms with Crippen LogP contribution in [0.25, 0.3) is 33.5 Å². The van der Waals surface area contributed by atoms with E-state index in [0.29, 0.717) is 0 Å². The summed E-state index contributed by atoms with van der Waals surface area (Å²) in [4.78, 5) is 97.4. The Balaban J connectivity index is 0.819. The summed E-state index contributed by atoms with van der Waals surface area (Å²) in [6.45, 7) is -3.45. The molecule has 0 aromatic carbocycles. The van der Waals surface area contributed by atoms with Gasteiger partial charge in [-0.2, -0.15) is 13.6 Å². The van der Waals surface area contributed by atoms with Gasteiger partial charge in [0.15, 0.2) is 41.4 Å². The number of nitrogen functional groups attached to an aromatic ring is 2. The number of H-pyrrole nitrogens is 2. The highest BCUT2D eigenvalue weighted by molar-refractivity contribution is 7.66. The number of nitrogens with one attached hydrogen (secondary N) is 3. The number of aliphatic hydroxyl groups is 2. The third-order valence-electron chi connectivity index (χ3n) is 12.7. The smallest absolute Gasteiger partial charge is 0.387 e. The second-order valence-electron chi connectivity index (χ2n) is 17.6. The first-order valence-corrected chi connectivity index (χ1v) is 28.5. The number of aromatic amines is 2. The van der Waals surface area contributed by atoms with Gasteiger partial charge in [0.25, 0.3) is 17.1 Å². The molecule has 4 fully saturated rings. The van der Waals surface area contributed by atoms with Gasteiger partial charge in [-0.25, -0.2) is 42.8 Å². The van der Waals surface area contributed by atoms with Gasteiger partial charge in [0.2, 0.25) is 17.7 Å². The van der Waals surface area contributed by atoms with E-state index in [0.717, 1.165) is 18.0 Å². The minimum atomic E-state index is -6.17. The van der Waals surface area contributed by atoms with E-state index in [1.807, 2.05) is 0 Å². The molecule has 0 saturated carbocycles. The molecule has 4 saturated heterocycles. The van der Waals surface area contributed by atoms with Gasteiger partial charge in [-0.15, -0.1) is 0 Å². The van der Waals surface area contributed by atoms with Gasteiger partial charge >= 0.3 is 36.9 Å². The number of aryl methyl sites for hydroxylation is 1. The van der Waals surface area contributed by atoms with E-state index >= 15 is 0 Å². The zero-order chi connectivity index (χ0) is 56.0. The van der Waals surface area contributed by atoms with Crippen molar-refractivity contribution >= 4 is 82.5 Å². The van der Waals surface area contributed by atoms with Gasteiger partial charge in [0.1, 0.15) is 66.3 Å². The lowest BCUT2D eigenvalue weighted by atomic mass is 10.0. The summed E-state index contributed by atoms with van der Waals surface area (Å²) in [5.74, 6) is -0.262. The molecule has 426 valence electrons. The number of rotatable bonds is 21. The maximum Gasteiger partial charge on any atom is 0.490 e. The van der Waals surface area contributed by atoms with Crippen LogP contribution in [0.4, 0.5) is 17.7 Å². The molecule has 4 aliphatic heterocycles. The number of hydrogen-bond acceptors (Lipinski definition) is 29. The van der Waals surface area contributed by atoms with Crippen LogP contribution in [0.15, 0.2) is 34.9 Å². The number of fused-ring (bicyclic) bond motifs is 5. The van der Waals surface area contributed by atoms with E-state index in [4.69, 9.17) is 58.0 Å². The van der Waals surface area contributed by atoms with E-state index in [9.17, 15) is 57.6 Å². The summed E-state index contributed by atoms with van der Waals surface area (Å²) in [5, 5.41) is 24.6. The number of phosphoric acid groups is 4. The first kappa shape index (κ1) is 56.1. The molecule has 2 bridgehead atoms. The number of ether oxygens (including phenoxy) is 6. The van der Waals surface area contributed by atoms with Gasteiger partial charge in [-0.3, -0.25) is 51.4 Å². The van der Waals surface area contributed by atoms with Crippen LogP contribution in [0, 0.1) is 0 Å². The van der Waals surface area contributed by atoms with Gasteiger partial charge in [-0.1, -0.05) is 4.98 Å². The summed E-state index contributed by atoms with van der Waals surface area (Å²) in [6.07, 6.45) is -11.4. The van der Waals surface area contributed by atoms with Crippen LogP contribution in [-0.2, 0) is 80.4 Å². The molecule has 6 aromatic heterocycles. The molecule has 0 aliphatic carbocycles. The summed E-state index contributed by atoms with van der Waals surface area (Å²) >= 11 is 0. The molecule has 7 unspecified atom stereocenters. The number of nitrogens with zero attached hydrogens (tertiary/aromatic N) is 10. The summed E-state index contributed by atoms with van der Waals surface area (Å²) in [5.41, 5.74) is 8.58. The van der Waals surface area contributed by atoms with Crippen LogP contribution >= 0.6 is 31.3 Å². The fraction of sp³-hybridized carbons (Fsp3) is 0.571. The van der Waals surface area contributed by atoms with E-state index in [2.05, 4.69) is 53.8 Å². The SMILES string of the molecule is CNc1ncnc2c1ncn2[C@@H]1O[C@H](COP(=O)(O)OP(=O)(O)OP(=O)(O)OC[C@@]23COC([C@H]([n+]4cn(C)c5c(=O)[nH]c(N)nc54)O2)[C@H]3OC)C(OP(=O)(O)OC[C@H]2O[C@@H](n3cnc4c(=O)[nH]c(N)nc43)[C@@H](O)C2O)[C@@H]1OC. The van der Waals surface area contributed by atoms with Crippen molar-refractivity contribution in [2.24, 2.45) is 7.05 Å². The molecule has 16 atom stereocenters. The highest BCUT2D eigenvalue weighted by Gasteiger charge is 2.65. The summed E-state index contributed by atoms with van der Waals surface area (Å²) < 4.78 is 123. The van der Waals surface area contributed by atoms with E-state index in [-0.39, 0.29) is 57.8 Å². The Morgan fingerprint density at radius 2 is 1.44 bits per heavy atom. The molecule has 6 aromatic rings. The van der Waals surface area contributed by atoms with Gasteiger partial charge in [0.05, 0.1) is 46.1 Å². The molecule has 10 heterocycles. The minimum Gasteiger partial charge on any atom is -0.387 e. The van der Waals surface area contributed by atoms with Crippen molar-refractivity contribution in [3.63, 3.8) is 0 Å². The van der Waals surface area contributed by atoms with E-state index in [1.54, 1.807) is 14.1 Å². The topological polar surface area (TPSA) is 526 Å². The zero-order valence-corrected chi connectivity index (χ0v) is 44.0. The minimum absolute atomic E-state index is 0.0708. The molecule has 39 nitrogen and oxygen atoms in total. The molecule has 0 radical (unpaired) electrons. The molecule has 0 spiro atoms. The number of nitrogens with two attached hydrogens (primary N) is 2. The van der Waals surface area contributed by atoms with Crippen molar-refractivity contribution in [3.05, 3.63) is 46.0 Å². The van der Waals surface area contributed by atoms with Crippen molar-refractivity contribution in [2.75, 3.05) is 64.5 Å². The lowest BCUT2D eigenvalue weighted by Gasteiger charge is -2.30. The third kappa shape index (κ3) is 10.5. The maximum atomic E-state index is 13.8. The quantitative estimate of drug-likeness (QED) is 0.0250. The Hall–Kier alpha value is -5.15. The predicted octanol–water partition coefficient (Wildman–Crippen LogP) is -3.19. The van der Waals surface area contributed by atoms with Gasteiger partial charge in [-0.05, 0) is 0 Å². The zero-order valence-electron chi connectivity index (χ0n) is 40.4. The summed E-state index contributed by atoms with van der Waals surface area (Å²) in [7, 11) is -17.8. The van der Waals surface area contributed by atoms with Crippen LogP contribution in [0.2, 0.25) is 0 Å². The number of phosphoric ester groups is 3. The van der Waals surface area contributed by atoms with E-state index < -0.39 is 135 Å². The number of aliphatic hydroxyl groups excluding tert-OH is 2. The molecular weight excluding hydrogens is 1140 g/mol. The second-order valence-corrected chi connectivity index (χ2v) is 23.7. The fourth-order valence-corrected chi connectivity index (χ4v) is 14.0. The molecule has 0 amide bonds. The Morgan fingerprint density at radius 3 is 2.14 bits per heavy atom. The van der Waals surface area contributed by atoms with Crippen molar-refractivity contribution in [3.8, 4) is 0 Å². The third-order valence-corrected chi connectivity index (χ3v) is 17.9.